The van der Waals surface area contributed by atoms with Gasteiger partial charge in [0.15, 0.2) is 0 Å². The molecule has 0 saturated carbocycles. The largest absolute Gasteiger partial charge is 0.0698 e. The van der Waals surface area contributed by atoms with E-state index in [0.29, 0.717) is 9.52 Å². The van der Waals surface area contributed by atoms with Crippen LogP contribution in [0.2, 0.25) is 6.55 Å². The van der Waals surface area contributed by atoms with Gasteiger partial charge in [0.05, 0.1) is 9.52 Å². The summed E-state index contributed by atoms with van der Waals surface area (Å²) < 4.78 is 0. The molecule has 1 heteroatoms. The van der Waals surface area contributed by atoms with Crippen molar-refractivity contribution < 1.29 is 0 Å². The van der Waals surface area contributed by atoms with Crippen LogP contribution < -0.4 is 5.19 Å². The first-order valence-corrected chi connectivity index (χ1v) is 5.92. The molecular weight excluding hydrogens is 160 g/mol. The Kier molecular flexibility index (Phi) is 1.96. The quantitative estimate of drug-likeness (QED) is 0.575. The Morgan fingerprint density at radius 1 is 0.917 bits per heavy atom. The van der Waals surface area contributed by atoms with E-state index in [2.05, 4.69) is 49.0 Å². The normalized spacial score (nSPS) is 10.4. The molecule has 0 atom stereocenters. The first-order valence-electron chi connectivity index (χ1n) is 4.19. The number of benzene rings is 2. The Morgan fingerprint density at radius 2 is 1.67 bits per heavy atom. The third-order valence-corrected chi connectivity index (χ3v) is 3.26. The van der Waals surface area contributed by atoms with Crippen molar-refractivity contribution in [1.82, 2.24) is 0 Å². The monoisotopic (exact) mass is 171 g/mol. The van der Waals surface area contributed by atoms with Crippen LogP contribution in [0.5, 0.6) is 0 Å². The van der Waals surface area contributed by atoms with Gasteiger partial charge in [-0.25, -0.2) is 0 Å². The van der Waals surface area contributed by atoms with Crippen molar-refractivity contribution in [2.45, 2.75) is 6.55 Å². The number of hydrogen-bond donors (Lipinski definition) is 0. The maximum absolute atomic E-state index is 2.28. The summed E-state index contributed by atoms with van der Waals surface area (Å²) in [7, 11) is 0.427. The lowest BCUT2D eigenvalue weighted by molar-refractivity contribution is 1.78. The lowest BCUT2D eigenvalue weighted by Crippen LogP contribution is -2.10. The average molecular weight is 171 g/mol. The molecule has 0 aliphatic carbocycles. The van der Waals surface area contributed by atoms with E-state index in [4.69, 9.17) is 0 Å². The predicted octanol–water partition coefficient (Wildman–Crippen LogP) is 1.95. The van der Waals surface area contributed by atoms with Gasteiger partial charge in [-0.15, -0.1) is 0 Å². The minimum Gasteiger partial charge on any atom is -0.0698 e. The fourth-order valence-electron chi connectivity index (χ4n) is 1.50. The van der Waals surface area contributed by atoms with Crippen molar-refractivity contribution in [3.05, 3.63) is 42.5 Å². The first kappa shape index (κ1) is 7.56. The summed E-state index contributed by atoms with van der Waals surface area (Å²) in [6.07, 6.45) is 0. The predicted molar refractivity (Wildman–Crippen MR) is 56.6 cm³/mol. The molecule has 0 spiro atoms. The third kappa shape index (κ3) is 1.16. The molecule has 0 aromatic heterocycles. The van der Waals surface area contributed by atoms with Gasteiger partial charge in [-0.3, -0.25) is 0 Å². The van der Waals surface area contributed by atoms with Crippen LogP contribution in [-0.2, 0) is 0 Å². The van der Waals surface area contributed by atoms with Crippen LogP contribution in [0.4, 0.5) is 0 Å². The molecule has 0 saturated heterocycles. The van der Waals surface area contributed by atoms with E-state index >= 15 is 0 Å². The van der Waals surface area contributed by atoms with Crippen LogP contribution in [0.3, 0.4) is 0 Å². The SMILES string of the molecule is C[SiH]c1cccc2ccccc12. The maximum Gasteiger partial charge on any atom is 0.0643 e. The molecule has 0 unspecified atom stereocenters. The molecular formula is C11H11Si. The van der Waals surface area contributed by atoms with Crippen LogP contribution in [0.25, 0.3) is 10.8 Å². The van der Waals surface area contributed by atoms with Crippen molar-refractivity contribution in [3.8, 4) is 0 Å². The van der Waals surface area contributed by atoms with E-state index in [1.165, 1.54) is 16.0 Å². The van der Waals surface area contributed by atoms with Gasteiger partial charge in [0.25, 0.3) is 0 Å². The van der Waals surface area contributed by atoms with Crippen LogP contribution >= 0.6 is 0 Å². The summed E-state index contributed by atoms with van der Waals surface area (Å²) in [5.41, 5.74) is 0. The van der Waals surface area contributed by atoms with Gasteiger partial charge in [0.2, 0.25) is 0 Å². The molecule has 1 radical (unpaired) electrons. The van der Waals surface area contributed by atoms with Crippen LogP contribution in [-0.4, -0.2) is 9.52 Å². The molecule has 0 aliphatic rings. The molecule has 0 aliphatic heterocycles. The molecule has 0 N–H and O–H groups in total. The summed E-state index contributed by atoms with van der Waals surface area (Å²) >= 11 is 0. The highest BCUT2D eigenvalue weighted by atomic mass is 28.2. The Hall–Kier alpha value is -1.08. The summed E-state index contributed by atoms with van der Waals surface area (Å²) in [5.74, 6) is 0. The maximum atomic E-state index is 2.28. The summed E-state index contributed by atoms with van der Waals surface area (Å²) in [5, 5.41) is 4.31. The second kappa shape index (κ2) is 3.11. The molecule has 2 aromatic rings. The minimum absolute atomic E-state index is 0.427. The zero-order valence-electron chi connectivity index (χ0n) is 7.12. The third-order valence-electron chi connectivity index (χ3n) is 2.13. The van der Waals surface area contributed by atoms with E-state index in [0.717, 1.165) is 0 Å². The molecule has 12 heavy (non-hydrogen) atoms. The van der Waals surface area contributed by atoms with Crippen molar-refractivity contribution in [2.75, 3.05) is 0 Å². The topological polar surface area (TPSA) is 0 Å². The summed E-state index contributed by atoms with van der Waals surface area (Å²) in [6.45, 7) is 2.28. The molecule has 2 aromatic carbocycles. The Balaban J connectivity index is 2.79. The number of fused-ring (bicyclic) bond motifs is 1. The van der Waals surface area contributed by atoms with Crippen molar-refractivity contribution in [3.63, 3.8) is 0 Å². The number of hydrogen-bond acceptors (Lipinski definition) is 0. The smallest absolute Gasteiger partial charge is 0.0643 e. The van der Waals surface area contributed by atoms with Gasteiger partial charge in [-0.1, -0.05) is 54.2 Å². The molecule has 2 rings (SSSR count). The van der Waals surface area contributed by atoms with Gasteiger partial charge < -0.3 is 0 Å². The standard InChI is InChI=1S/C11H11Si/c1-12-11-8-4-6-9-5-2-3-7-10(9)11/h2-8,12H,1H3. The van der Waals surface area contributed by atoms with Gasteiger partial charge in [0.1, 0.15) is 0 Å². The van der Waals surface area contributed by atoms with Gasteiger partial charge in [0, 0.05) is 0 Å². The Morgan fingerprint density at radius 3 is 2.50 bits per heavy atom. The Bertz CT molecular complexity index is 388. The molecule has 59 valence electrons. The summed E-state index contributed by atoms with van der Waals surface area (Å²) in [4.78, 5) is 0. The van der Waals surface area contributed by atoms with E-state index < -0.39 is 0 Å². The minimum atomic E-state index is 0.427. The van der Waals surface area contributed by atoms with Crippen LogP contribution in [0.15, 0.2) is 42.5 Å². The van der Waals surface area contributed by atoms with Crippen molar-refractivity contribution >= 4 is 25.5 Å². The van der Waals surface area contributed by atoms with Crippen molar-refractivity contribution in [2.24, 2.45) is 0 Å². The highest BCUT2D eigenvalue weighted by Crippen LogP contribution is 2.09. The van der Waals surface area contributed by atoms with E-state index in [-0.39, 0.29) is 0 Å². The average Bonchev–Trinajstić information content (AvgIpc) is 2.17. The lowest BCUT2D eigenvalue weighted by Gasteiger charge is -2.01. The van der Waals surface area contributed by atoms with E-state index in [1.54, 1.807) is 0 Å². The van der Waals surface area contributed by atoms with Crippen LogP contribution in [0, 0.1) is 0 Å². The van der Waals surface area contributed by atoms with E-state index in [9.17, 15) is 0 Å². The highest BCUT2D eigenvalue weighted by molar-refractivity contribution is 6.55. The highest BCUT2D eigenvalue weighted by Gasteiger charge is 1.95. The van der Waals surface area contributed by atoms with E-state index in [1.807, 2.05) is 0 Å². The zero-order chi connectivity index (χ0) is 8.39. The Labute approximate surface area is 75.1 Å². The molecule has 0 amide bonds. The van der Waals surface area contributed by atoms with Crippen molar-refractivity contribution in [1.29, 1.82) is 0 Å². The number of rotatable bonds is 1. The molecule has 0 bridgehead atoms. The van der Waals surface area contributed by atoms with Gasteiger partial charge >= 0.3 is 0 Å². The van der Waals surface area contributed by atoms with Crippen LogP contribution in [0.1, 0.15) is 0 Å². The zero-order valence-corrected chi connectivity index (χ0v) is 8.27. The fourth-order valence-corrected chi connectivity index (χ4v) is 2.38. The lowest BCUT2D eigenvalue weighted by atomic mass is 10.1. The molecule has 0 nitrogen and oxygen atoms in total. The molecule has 0 heterocycles. The molecule has 0 fully saturated rings. The fraction of sp³-hybridized carbons (Fsp3) is 0.0909. The second-order valence-corrected chi connectivity index (χ2v) is 4.06. The second-order valence-electron chi connectivity index (χ2n) is 2.86. The summed E-state index contributed by atoms with van der Waals surface area (Å²) in [6, 6.07) is 15.1. The van der Waals surface area contributed by atoms with Gasteiger partial charge in [-0.05, 0) is 10.8 Å². The first-order chi connectivity index (χ1) is 5.92. The van der Waals surface area contributed by atoms with Gasteiger partial charge in [-0.2, -0.15) is 0 Å².